The first-order valence-corrected chi connectivity index (χ1v) is 5.37. The van der Waals surface area contributed by atoms with Gasteiger partial charge in [0.05, 0.1) is 0 Å². The summed E-state index contributed by atoms with van der Waals surface area (Å²) in [5.41, 5.74) is 0. The highest BCUT2D eigenvalue weighted by Crippen LogP contribution is 2.09. The van der Waals surface area contributed by atoms with Crippen molar-refractivity contribution in [3.05, 3.63) is 0 Å². The van der Waals surface area contributed by atoms with Gasteiger partial charge in [-0.25, -0.2) is 0 Å². The Kier molecular flexibility index (Phi) is 4.26. The normalized spacial score (nSPS) is 22.6. The van der Waals surface area contributed by atoms with Crippen molar-refractivity contribution in [2.24, 2.45) is 0 Å². The molecule has 0 bridgehead atoms. The van der Waals surface area contributed by atoms with Crippen LogP contribution in [0.25, 0.3) is 0 Å². The van der Waals surface area contributed by atoms with E-state index in [0.717, 1.165) is 0 Å². The van der Waals surface area contributed by atoms with E-state index in [1.807, 2.05) is 9.80 Å². The molecular weight excluding hydrogens is 212 g/mol. The average Bonchev–Trinajstić information content (AvgIpc) is 2.27. The van der Waals surface area contributed by atoms with E-state index in [2.05, 4.69) is 0 Å². The maximum atomic E-state index is 10.8. The molecule has 0 aromatic rings. The Morgan fingerprint density at radius 2 is 1.12 bits per heavy atom. The van der Waals surface area contributed by atoms with Gasteiger partial charge >= 0.3 is 11.9 Å². The molecule has 1 aliphatic heterocycles. The second-order valence-corrected chi connectivity index (χ2v) is 4.10. The lowest BCUT2D eigenvalue weighted by Crippen LogP contribution is -2.55. The molecule has 2 unspecified atom stereocenters. The number of carboxylic acid groups (broad SMARTS) is 2. The first-order valence-electron chi connectivity index (χ1n) is 5.37. The molecule has 6 nitrogen and oxygen atoms in total. The van der Waals surface area contributed by atoms with Crippen molar-refractivity contribution in [1.29, 1.82) is 0 Å². The first kappa shape index (κ1) is 12.9. The summed E-state index contributed by atoms with van der Waals surface area (Å²) in [6.07, 6.45) is 0. The second-order valence-electron chi connectivity index (χ2n) is 4.10. The largest absolute Gasteiger partial charge is 0.480 e. The molecule has 2 atom stereocenters. The Morgan fingerprint density at radius 1 is 0.875 bits per heavy atom. The van der Waals surface area contributed by atoms with Gasteiger partial charge in [-0.2, -0.15) is 0 Å². The van der Waals surface area contributed by atoms with E-state index in [1.165, 1.54) is 0 Å². The van der Waals surface area contributed by atoms with E-state index in [4.69, 9.17) is 10.2 Å². The zero-order valence-electron chi connectivity index (χ0n) is 9.59. The number of carbonyl (C=O) groups is 2. The zero-order chi connectivity index (χ0) is 12.3. The summed E-state index contributed by atoms with van der Waals surface area (Å²) >= 11 is 0. The lowest BCUT2D eigenvalue weighted by Gasteiger charge is -2.38. The van der Waals surface area contributed by atoms with Crippen LogP contribution in [0.1, 0.15) is 13.8 Å². The van der Waals surface area contributed by atoms with Crippen LogP contribution in [0, 0.1) is 0 Å². The summed E-state index contributed by atoms with van der Waals surface area (Å²) in [5.74, 6) is -1.67. The van der Waals surface area contributed by atoms with Crippen LogP contribution in [0.2, 0.25) is 0 Å². The lowest BCUT2D eigenvalue weighted by molar-refractivity contribution is -0.147. The SMILES string of the molecule is CC(C(=O)O)N1CCN(C(C)C(=O)O)CC1. The van der Waals surface area contributed by atoms with Gasteiger partial charge in [-0.1, -0.05) is 0 Å². The van der Waals surface area contributed by atoms with Crippen LogP contribution < -0.4 is 0 Å². The average molecular weight is 230 g/mol. The maximum Gasteiger partial charge on any atom is 0.320 e. The molecule has 0 aromatic heterocycles. The van der Waals surface area contributed by atoms with Gasteiger partial charge in [-0.3, -0.25) is 19.4 Å². The van der Waals surface area contributed by atoms with Gasteiger partial charge in [0.2, 0.25) is 0 Å². The first-order chi connectivity index (χ1) is 7.43. The number of nitrogens with zero attached hydrogens (tertiary/aromatic N) is 2. The summed E-state index contributed by atoms with van der Waals surface area (Å²) in [6.45, 7) is 5.71. The maximum absolute atomic E-state index is 10.8. The van der Waals surface area contributed by atoms with E-state index in [-0.39, 0.29) is 0 Å². The molecule has 16 heavy (non-hydrogen) atoms. The van der Waals surface area contributed by atoms with Crippen molar-refractivity contribution < 1.29 is 19.8 Å². The molecule has 0 spiro atoms. The predicted molar refractivity (Wildman–Crippen MR) is 57.3 cm³/mol. The number of rotatable bonds is 4. The number of piperazine rings is 1. The quantitative estimate of drug-likeness (QED) is 0.681. The minimum absolute atomic E-state index is 0.498. The Labute approximate surface area is 94.4 Å². The van der Waals surface area contributed by atoms with Crippen LogP contribution in [0.3, 0.4) is 0 Å². The second kappa shape index (κ2) is 5.27. The Morgan fingerprint density at radius 3 is 1.31 bits per heavy atom. The van der Waals surface area contributed by atoms with Crippen molar-refractivity contribution in [3.8, 4) is 0 Å². The molecule has 1 aliphatic rings. The number of hydrogen-bond donors (Lipinski definition) is 2. The van der Waals surface area contributed by atoms with Crippen molar-refractivity contribution in [2.75, 3.05) is 26.2 Å². The molecular formula is C10H18N2O4. The fourth-order valence-electron chi connectivity index (χ4n) is 1.82. The van der Waals surface area contributed by atoms with Crippen LogP contribution in [-0.4, -0.2) is 70.2 Å². The minimum atomic E-state index is -0.834. The number of aliphatic carboxylic acids is 2. The molecule has 1 rings (SSSR count). The van der Waals surface area contributed by atoms with Crippen molar-refractivity contribution in [2.45, 2.75) is 25.9 Å². The molecule has 0 aromatic carbocycles. The Bertz CT molecular complexity index is 246. The Hall–Kier alpha value is -1.14. The van der Waals surface area contributed by atoms with Crippen LogP contribution in [-0.2, 0) is 9.59 Å². The highest BCUT2D eigenvalue weighted by molar-refractivity contribution is 5.73. The smallest absolute Gasteiger partial charge is 0.320 e. The molecule has 0 aliphatic carbocycles. The van der Waals surface area contributed by atoms with Gasteiger partial charge < -0.3 is 10.2 Å². The van der Waals surface area contributed by atoms with E-state index < -0.39 is 24.0 Å². The fraction of sp³-hybridized carbons (Fsp3) is 0.800. The van der Waals surface area contributed by atoms with E-state index in [9.17, 15) is 9.59 Å². The van der Waals surface area contributed by atoms with Crippen LogP contribution in [0.15, 0.2) is 0 Å². The molecule has 2 N–H and O–H groups in total. The third-order valence-electron chi connectivity index (χ3n) is 3.16. The van der Waals surface area contributed by atoms with Gasteiger partial charge in [0.1, 0.15) is 12.1 Å². The summed E-state index contributed by atoms with van der Waals surface area (Å²) in [5, 5.41) is 17.7. The zero-order valence-corrected chi connectivity index (χ0v) is 9.59. The molecule has 1 heterocycles. The Balaban J connectivity index is 2.45. The molecule has 92 valence electrons. The molecule has 0 radical (unpaired) electrons. The standard InChI is InChI=1S/C10H18N2O4/c1-7(9(13)14)11-3-5-12(6-4-11)8(2)10(15)16/h7-8H,3-6H2,1-2H3,(H,13,14)(H,15,16). The van der Waals surface area contributed by atoms with E-state index in [0.29, 0.717) is 26.2 Å². The van der Waals surface area contributed by atoms with Crippen LogP contribution in [0.5, 0.6) is 0 Å². The fourth-order valence-corrected chi connectivity index (χ4v) is 1.82. The van der Waals surface area contributed by atoms with Crippen molar-refractivity contribution in [3.63, 3.8) is 0 Å². The molecule has 6 heteroatoms. The van der Waals surface area contributed by atoms with E-state index in [1.54, 1.807) is 13.8 Å². The number of carboxylic acids is 2. The van der Waals surface area contributed by atoms with Crippen molar-refractivity contribution in [1.82, 2.24) is 9.80 Å². The summed E-state index contributed by atoms with van der Waals surface area (Å²) < 4.78 is 0. The lowest BCUT2D eigenvalue weighted by atomic mass is 10.2. The molecule has 0 saturated carbocycles. The highest BCUT2D eigenvalue weighted by Gasteiger charge is 2.29. The van der Waals surface area contributed by atoms with Crippen molar-refractivity contribution >= 4 is 11.9 Å². The third kappa shape index (κ3) is 2.93. The minimum Gasteiger partial charge on any atom is -0.480 e. The van der Waals surface area contributed by atoms with Gasteiger partial charge in [0, 0.05) is 26.2 Å². The molecule has 1 saturated heterocycles. The molecule has 1 fully saturated rings. The van der Waals surface area contributed by atoms with Crippen LogP contribution in [0.4, 0.5) is 0 Å². The highest BCUT2D eigenvalue weighted by atomic mass is 16.4. The van der Waals surface area contributed by atoms with Gasteiger partial charge in [0.25, 0.3) is 0 Å². The third-order valence-corrected chi connectivity index (χ3v) is 3.16. The van der Waals surface area contributed by atoms with Gasteiger partial charge in [0.15, 0.2) is 0 Å². The summed E-state index contributed by atoms with van der Waals surface area (Å²) in [6, 6.07) is -0.996. The topological polar surface area (TPSA) is 81.1 Å². The van der Waals surface area contributed by atoms with Gasteiger partial charge in [-0.15, -0.1) is 0 Å². The van der Waals surface area contributed by atoms with Crippen LogP contribution >= 0.6 is 0 Å². The summed E-state index contributed by atoms with van der Waals surface area (Å²) in [7, 11) is 0. The molecule has 0 amide bonds. The van der Waals surface area contributed by atoms with Gasteiger partial charge in [-0.05, 0) is 13.8 Å². The summed E-state index contributed by atoms with van der Waals surface area (Å²) in [4.78, 5) is 25.3. The number of hydrogen-bond acceptors (Lipinski definition) is 4. The predicted octanol–water partition coefficient (Wildman–Crippen LogP) is -0.450. The van der Waals surface area contributed by atoms with E-state index >= 15 is 0 Å². The monoisotopic (exact) mass is 230 g/mol.